The summed E-state index contributed by atoms with van der Waals surface area (Å²) >= 11 is 0. The summed E-state index contributed by atoms with van der Waals surface area (Å²) in [5, 5.41) is 0. The largest absolute Gasteiger partial charge is 0.457 e. The molecule has 0 spiro atoms. The third-order valence-corrected chi connectivity index (χ3v) is 3.51. The Kier molecular flexibility index (Phi) is 8.61. The molecule has 0 radical (unpaired) electrons. The number of nitrogens with two attached hydrogens (primary N) is 2. The molecule has 0 aliphatic rings. The Hall–Kier alpha value is -2.49. The van der Waals surface area contributed by atoms with Crippen LogP contribution in [-0.4, -0.2) is 5.97 Å². The van der Waals surface area contributed by atoms with Crippen LogP contribution in [0.25, 0.3) is 0 Å². The molecule has 0 saturated carbocycles. The van der Waals surface area contributed by atoms with Crippen molar-refractivity contribution in [2.45, 2.75) is 48.1 Å². The summed E-state index contributed by atoms with van der Waals surface area (Å²) in [6, 6.07) is 11.1. The van der Waals surface area contributed by atoms with Crippen molar-refractivity contribution in [1.82, 2.24) is 0 Å². The van der Waals surface area contributed by atoms with Gasteiger partial charge in [-0.1, -0.05) is 46.9 Å². The standard InChI is InChI=1S/C18H22N2O2.2CH4/c1-3-12-5-13(4-2)7-14(6-12)11-22-18(21)15-8-16(19)10-17(20)9-15;;/h5-10H,3-4,11,19-20H2,1-2H3;2*1H4. The second-order valence-corrected chi connectivity index (χ2v) is 5.33. The molecule has 2 aromatic carbocycles. The molecule has 0 atom stereocenters. The zero-order valence-corrected chi connectivity index (χ0v) is 13.1. The highest BCUT2D eigenvalue weighted by Crippen LogP contribution is 2.17. The maximum Gasteiger partial charge on any atom is 0.338 e. The first-order valence-electron chi connectivity index (χ1n) is 7.46. The van der Waals surface area contributed by atoms with E-state index in [1.54, 1.807) is 18.2 Å². The molecule has 4 N–H and O–H groups in total. The van der Waals surface area contributed by atoms with E-state index in [0.717, 1.165) is 18.4 Å². The van der Waals surface area contributed by atoms with Crippen LogP contribution in [0, 0.1) is 0 Å². The maximum atomic E-state index is 12.1. The van der Waals surface area contributed by atoms with Crippen LogP contribution in [0.4, 0.5) is 11.4 Å². The number of esters is 1. The molecule has 132 valence electrons. The van der Waals surface area contributed by atoms with Crippen molar-refractivity contribution in [3.05, 3.63) is 58.7 Å². The van der Waals surface area contributed by atoms with Crippen LogP contribution in [0.2, 0.25) is 0 Å². The van der Waals surface area contributed by atoms with E-state index in [1.807, 2.05) is 0 Å². The zero-order chi connectivity index (χ0) is 16.1. The minimum atomic E-state index is -0.418. The van der Waals surface area contributed by atoms with Crippen molar-refractivity contribution in [2.24, 2.45) is 0 Å². The van der Waals surface area contributed by atoms with Crippen molar-refractivity contribution in [3.8, 4) is 0 Å². The van der Waals surface area contributed by atoms with Gasteiger partial charge in [0.15, 0.2) is 0 Å². The quantitative estimate of drug-likeness (QED) is 0.620. The van der Waals surface area contributed by atoms with Crippen LogP contribution >= 0.6 is 0 Å². The van der Waals surface area contributed by atoms with Crippen LogP contribution in [0.3, 0.4) is 0 Å². The number of nitrogen functional groups attached to an aromatic ring is 2. The lowest BCUT2D eigenvalue weighted by Gasteiger charge is -2.09. The third kappa shape index (κ3) is 5.61. The maximum absolute atomic E-state index is 12.1. The van der Waals surface area contributed by atoms with Gasteiger partial charge in [0.05, 0.1) is 5.56 Å². The second kappa shape index (κ2) is 9.60. The molecule has 4 nitrogen and oxygen atoms in total. The van der Waals surface area contributed by atoms with E-state index in [0.29, 0.717) is 16.9 Å². The fourth-order valence-electron chi connectivity index (χ4n) is 2.36. The van der Waals surface area contributed by atoms with Crippen LogP contribution in [0.15, 0.2) is 36.4 Å². The summed E-state index contributed by atoms with van der Waals surface area (Å²) in [5.74, 6) is -0.418. The lowest BCUT2D eigenvalue weighted by Crippen LogP contribution is -2.07. The van der Waals surface area contributed by atoms with E-state index in [1.165, 1.54) is 11.1 Å². The number of benzene rings is 2. The van der Waals surface area contributed by atoms with Gasteiger partial charge in [0.2, 0.25) is 0 Å². The van der Waals surface area contributed by atoms with Crippen LogP contribution in [0.1, 0.15) is 55.7 Å². The number of carbonyl (C=O) groups excluding carboxylic acids is 1. The van der Waals surface area contributed by atoms with Gasteiger partial charge < -0.3 is 16.2 Å². The Balaban J connectivity index is 0.00000264. The predicted molar refractivity (Wildman–Crippen MR) is 103 cm³/mol. The Bertz CT molecular complexity index is 639. The van der Waals surface area contributed by atoms with Gasteiger partial charge in [-0.2, -0.15) is 0 Å². The highest BCUT2D eigenvalue weighted by atomic mass is 16.5. The second-order valence-electron chi connectivity index (χ2n) is 5.33. The smallest absolute Gasteiger partial charge is 0.338 e. The first kappa shape index (κ1) is 21.5. The molecule has 0 aromatic heterocycles. The number of ether oxygens (including phenoxy) is 1. The van der Waals surface area contributed by atoms with Crippen molar-refractivity contribution in [1.29, 1.82) is 0 Å². The molecular weight excluding hydrogens is 300 g/mol. The minimum absolute atomic E-state index is 0. The van der Waals surface area contributed by atoms with Gasteiger partial charge in [0.25, 0.3) is 0 Å². The first-order valence-corrected chi connectivity index (χ1v) is 7.46. The fourth-order valence-corrected chi connectivity index (χ4v) is 2.36. The highest BCUT2D eigenvalue weighted by Gasteiger charge is 2.10. The van der Waals surface area contributed by atoms with Gasteiger partial charge in [0.1, 0.15) is 6.61 Å². The molecule has 0 saturated heterocycles. The Morgan fingerprint density at radius 3 is 1.75 bits per heavy atom. The molecule has 24 heavy (non-hydrogen) atoms. The Morgan fingerprint density at radius 2 is 1.29 bits per heavy atom. The van der Waals surface area contributed by atoms with Gasteiger partial charge in [-0.15, -0.1) is 0 Å². The van der Waals surface area contributed by atoms with E-state index < -0.39 is 5.97 Å². The number of anilines is 2. The monoisotopic (exact) mass is 330 g/mol. The molecule has 0 unspecified atom stereocenters. The van der Waals surface area contributed by atoms with E-state index >= 15 is 0 Å². The van der Waals surface area contributed by atoms with Crippen LogP contribution in [-0.2, 0) is 24.2 Å². The third-order valence-electron chi connectivity index (χ3n) is 3.51. The topological polar surface area (TPSA) is 78.3 Å². The van der Waals surface area contributed by atoms with Crippen molar-refractivity contribution >= 4 is 17.3 Å². The van der Waals surface area contributed by atoms with Crippen molar-refractivity contribution < 1.29 is 9.53 Å². The van der Waals surface area contributed by atoms with Gasteiger partial charge in [-0.25, -0.2) is 4.79 Å². The molecule has 0 aliphatic heterocycles. The van der Waals surface area contributed by atoms with E-state index in [4.69, 9.17) is 16.2 Å². The van der Waals surface area contributed by atoms with Gasteiger partial charge in [-0.05, 0) is 47.7 Å². The number of hydrogen-bond donors (Lipinski definition) is 2. The summed E-state index contributed by atoms with van der Waals surface area (Å²) < 4.78 is 5.37. The van der Waals surface area contributed by atoms with E-state index in [2.05, 4.69) is 32.0 Å². The summed E-state index contributed by atoms with van der Waals surface area (Å²) in [6.45, 7) is 4.47. The lowest BCUT2D eigenvalue weighted by atomic mass is 10.0. The molecule has 0 aliphatic carbocycles. The molecule has 0 bridgehead atoms. The molecule has 2 rings (SSSR count). The molecule has 0 heterocycles. The number of hydrogen-bond acceptors (Lipinski definition) is 4. The molecule has 2 aromatic rings. The summed E-state index contributed by atoms with van der Waals surface area (Å²) in [7, 11) is 0. The van der Waals surface area contributed by atoms with E-state index in [-0.39, 0.29) is 21.5 Å². The SMILES string of the molecule is C.C.CCc1cc(CC)cc(COC(=O)c2cc(N)cc(N)c2)c1. The van der Waals surface area contributed by atoms with Crippen LogP contribution < -0.4 is 11.5 Å². The van der Waals surface area contributed by atoms with Crippen molar-refractivity contribution in [2.75, 3.05) is 11.5 Å². The van der Waals surface area contributed by atoms with E-state index in [9.17, 15) is 4.79 Å². The first-order chi connectivity index (χ1) is 10.5. The minimum Gasteiger partial charge on any atom is -0.457 e. The average Bonchev–Trinajstić information content (AvgIpc) is 2.51. The van der Waals surface area contributed by atoms with Gasteiger partial charge in [-0.3, -0.25) is 0 Å². The number of carbonyl (C=O) groups is 1. The molecule has 4 heteroatoms. The number of rotatable bonds is 5. The van der Waals surface area contributed by atoms with Gasteiger partial charge in [0, 0.05) is 11.4 Å². The Labute approximate surface area is 145 Å². The number of aryl methyl sites for hydroxylation is 2. The fraction of sp³-hybridized carbons (Fsp3) is 0.350. The lowest BCUT2D eigenvalue weighted by molar-refractivity contribution is 0.0472. The normalized spacial score (nSPS) is 9.58. The molecule has 0 amide bonds. The summed E-state index contributed by atoms with van der Waals surface area (Å²) in [4.78, 5) is 12.1. The Morgan fingerprint density at radius 1 is 0.833 bits per heavy atom. The van der Waals surface area contributed by atoms with Gasteiger partial charge >= 0.3 is 5.97 Å². The average molecular weight is 330 g/mol. The molecular formula is C20H30N2O2. The summed E-state index contributed by atoms with van der Waals surface area (Å²) in [5.41, 5.74) is 16.2. The molecule has 0 fully saturated rings. The predicted octanol–water partition coefficient (Wildman–Crippen LogP) is 4.61. The highest BCUT2D eigenvalue weighted by molar-refractivity contribution is 5.91. The zero-order valence-electron chi connectivity index (χ0n) is 13.1. The summed E-state index contributed by atoms with van der Waals surface area (Å²) in [6.07, 6.45) is 1.92. The van der Waals surface area contributed by atoms with Crippen LogP contribution in [0.5, 0.6) is 0 Å². The van der Waals surface area contributed by atoms with Crippen molar-refractivity contribution in [3.63, 3.8) is 0 Å².